The Morgan fingerprint density at radius 2 is 1.29 bits per heavy atom. The van der Waals surface area contributed by atoms with E-state index >= 15 is 0 Å². The zero-order valence-corrected chi connectivity index (χ0v) is 19.1. The molecule has 4 atom stereocenters. The predicted octanol–water partition coefficient (Wildman–Crippen LogP) is -1.16. The van der Waals surface area contributed by atoms with Crippen molar-refractivity contribution in [1.82, 2.24) is 16.0 Å². The molecule has 0 saturated heterocycles. The molecule has 0 aromatic heterocycles. The maximum absolute atomic E-state index is 12.6. The summed E-state index contributed by atoms with van der Waals surface area (Å²) in [5.74, 6) is -6.47. The highest BCUT2D eigenvalue weighted by Crippen LogP contribution is 2.05. The maximum Gasteiger partial charge on any atom is 0.326 e. The maximum atomic E-state index is 12.6. The van der Waals surface area contributed by atoms with Crippen LogP contribution in [0.25, 0.3) is 0 Å². The Morgan fingerprint density at radius 1 is 0.771 bits per heavy atom. The number of carboxylic acids is 3. The van der Waals surface area contributed by atoms with Crippen molar-refractivity contribution < 1.29 is 44.1 Å². The van der Waals surface area contributed by atoms with Crippen LogP contribution in [0.2, 0.25) is 0 Å². The average molecular weight is 495 g/mol. The third kappa shape index (κ3) is 11.1. The number of nitrogens with one attached hydrogen (secondary N) is 3. The van der Waals surface area contributed by atoms with Gasteiger partial charge in [-0.3, -0.25) is 24.0 Å². The molecular formula is C22H30N4O9. The third-order valence-electron chi connectivity index (χ3n) is 4.93. The minimum atomic E-state index is -1.56. The zero-order valence-electron chi connectivity index (χ0n) is 19.1. The van der Waals surface area contributed by atoms with Gasteiger partial charge in [0, 0.05) is 12.8 Å². The highest BCUT2D eigenvalue weighted by molar-refractivity contribution is 5.94. The van der Waals surface area contributed by atoms with Crippen LogP contribution in [0.15, 0.2) is 30.3 Å². The lowest BCUT2D eigenvalue weighted by Crippen LogP contribution is -2.56. The molecule has 8 N–H and O–H groups in total. The molecule has 0 spiro atoms. The molecule has 1 aromatic rings. The number of hydrogen-bond donors (Lipinski definition) is 7. The molecule has 0 aliphatic rings. The number of carbonyl (C=O) groups excluding carboxylic acids is 3. The van der Waals surface area contributed by atoms with Crippen LogP contribution >= 0.6 is 0 Å². The van der Waals surface area contributed by atoms with Crippen molar-refractivity contribution in [3.05, 3.63) is 35.9 Å². The quantitative estimate of drug-likeness (QED) is 0.155. The lowest BCUT2D eigenvalue weighted by Gasteiger charge is -2.23. The molecular weight excluding hydrogens is 464 g/mol. The number of amides is 3. The van der Waals surface area contributed by atoms with Crippen LogP contribution in [0.4, 0.5) is 0 Å². The van der Waals surface area contributed by atoms with Crippen molar-refractivity contribution in [3.8, 4) is 0 Å². The van der Waals surface area contributed by atoms with Gasteiger partial charge in [-0.15, -0.1) is 0 Å². The first-order valence-electron chi connectivity index (χ1n) is 10.8. The van der Waals surface area contributed by atoms with Crippen molar-refractivity contribution >= 4 is 35.6 Å². The molecule has 0 saturated carbocycles. The molecule has 13 heteroatoms. The molecule has 1 rings (SSSR count). The summed E-state index contributed by atoms with van der Waals surface area (Å²) in [6, 6.07) is 3.85. The fourth-order valence-electron chi connectivity index (χ4n) is 2.98. The fraction of sp³-hybridized carbons (Fsp3) is 0.455. The second-order valence-electron chi connectivity index (χ2n) is 7.85. The highest BCUT2D eigenvalue weighted by Gasteiger charge is 2.29. The van der Waals surface area contributed by atoms with Gasteiger partial charge in [-0.1, -0.05) is 30.3 Å². The van der Waals surface area contributed by atoms with Crippen molar-refractivity contribution in [1.29, 1.82) is 0 Å². The molecule has 0 aliphatic carbocycles. The van der Waals surface area contributed by atoms with Crippen LogP contribution in [0.3, 0.4) is 0 Å². The summed E-state index contributed by atoms with van der Waals surface area (Å²) < 4.78 is 0. The van der Waals surface area contributed by atoms with Crippen LogP contribution in [-0.2, 0) is 35.2 Å². The number of carbonyl (C=O) groups is 6. The lowest BCUT2D eigenvalue weighted by molar-refractivity contribution is -0.144. The van der Waals surface area contributed by atoms with E-state index in [0.717, 1.165) is 5.56 Å². The normalized spacial score (nSPS) is 14.0. The smallest absolute Gasteiger partial charge is 0.326 e. The van der Waals surface area contributed by atoms with Crippen molar-refractivity contribution in [2.75, 3.05) is 0 Å². The second-order valence-corrected chi connectivity index (χ2v) is 7.85. The summed E-state index contributed by atoms with van der Waals surface area (Å²) in [4.78, 5) is 70.5. The minimum Gasteiger partial charge on any atom is -0.481 e. The minimum absolute atomic E-state index is 0.220. The number of benzene rings is 1. The fourth-order valence-corrected chi connectivity index (χ4v) is 2.98. The highest BCUT2D eigenvalue weighted by atomic mass is 16.4. The Bertz CT molecular complexity index is 923. The molecule has 0 radical (unpaired) electrons. The number of nitrogens with two attached hydrogens (primary N) is 1. The van der Waals surface area contributed by atoms with Crippen molar-refractivity contribution in [2.24, 2.45) is 5.73 Å². The van der Waals surface area contributed by atoms with E-state index in [-0.39, 0.29) is 12.8 Å². The van der Waals surface area contributed by atoms with Crippen LogP contribution < -0.4 is 21.7 Å². The van der Waals surface area contributed by atoms with Gasteiger partial charge in [0.1, 0.15) is 18.1 Å². The Kier molecular flexibility index (Phi) is 11.9. The summed E-state index contributed by atoms with van der Waals surface area (Å²) in [6.07, 6.45) is -1.62. The van der Waals surface area contributed by atoms with Crippen LogP contribution in [-0.4, -0.2) is 75.1 Å². The Balaban J connectivity index is 2.78. The monoisotopic (exact) mass is 494 g/mol. The molecule has 35 heavy (non-hydrogen) atoms. The van der Waals surface area contributed by atoms with Crippen LogP contribution in [0, 0.1) is 0 Å². The summed E-state index contributed by atoms with van der Waals surface area (Å²) >= 11 is 0. The Labute approximate surface area is 201 Å². The summed E-state index contributed by atoms with van der Waals surface area (Å²) in [5.41, 5.74) is 6.70. The summed E-state index contributed by atoms with van der Waals surface area (Å²) in [6.45, 7) is 1.33. The Hall–Kier alpha value is -4.00. The Morgan fingerprint density at radius 3 is 1.80 bits per heavy atom. The first-order chi connectivity index (χ1) is 16.4. The molecule has 192 valence electrons. The summed E-state index contributed by atoms with van der Waals surface area (Å²) in [7, 11) is 0. The van der Waals surface area contributed by atoms with Gasteiger partial charge in [0.15, 0.2) is 0 Å². The van der Waals surface area contributed by atoms with Crippen molar-refractivity contribution in [2.45, 2.75) is 63.2 Å². The van der Waals surface area contributed by atoms with E-state index in [2.05, 4.69) is 16.0 Å². The molecule has 13 nitrogen and oxygen atoms in total. The second kappa shape index (κ2) is 14.3. The average Bonchev–Trinajstić information content (AvgIpc) is 2.78. The first kappa shape index (κ1) is 29.0. The predicted molar refractivity (Wildman–Crippen MR) is 121 cm³/mol. The van der Waals surface area contributed by atoms with E-state index in [9.17, 15) is 33.9 Å². The van der Waals surface area contributed by atoms with Gasteiger partial charge in [0.25, 0.3) is 0 Å². The molecule has 4 unspecified atom stereocenters. The van der Waals surface area contributed by atoms with E-state index < -0.39 is 79.1 Å². The topological polar surface area (TPSA) is 225 Å². The van der Waals surface area contributed by atoms with E-state index in [1.165, 1.54) is 6.92 Å². The lowest BCUT2D eigenvalue weighted by atomic mass is 10.1. The van der Waals surface area contributed by atoms with Gasteiger partial charge < -0.3 is 37.0 Å². The van der Waals surface area contributed by atoms with E-state index in [0.29, 0.717) is 0 Å². The standard InChI is InChI=1S/C22H30N4O9/c1-12(24-20(32)14(23)11-13-5-3-2-4-6-13)19(31)25-15(7-9-17(27)28)21(33)26-16(22(34)35)8-10-18(29)30/h2-6,12,14-16H,7-11,23H2,1H3,(H,24,32)(H,25,31)(H,26,33)(H,27,28)(H,29,30)(H,34,35). The molecule has 3 amide bonds. The largest absolute Gasteiger partial charge is 0.481 e. The van der Waals surface area contributed by atoms with E-state index in [1.807, 2.05) is 6.07 Å². The number of rotatable bonds is 15. The van der Waals surface area contributed by atoms with Gasteiger partial charge >= 0.3 is 17.9 Å². The number of aliphatic carboxylic acids is 3. The van der Waals surface area contributed by atoms with Crippen LogP contribution in [0.1, 0.15) is 38.2 Å². The third-order valence-corrected chi connectivity index (χ3v) is 4.93. The number of carboxylic acid groups (broad SMARTS) is 3. The van der Waals surface area contributed by atoms with E-state index in [4.69, 9.17) is 15.9 Å². The molecule has 0 bridgehead atoms. The molecule has 1 aromatic carbocycles. The number of hydrogen-bond acceptors (Lipinski definition) is 7. The van der Waals surface area contributed by atoms with Crippen LogP contribution in [0.5, 0.6) is 0 Å². The zero-order chi connectivity index (χ0) is 26.5. The van der Waals surface area contributed by atoms with Gasteiger partial charge in [0.2, 0.25) is 17.7 Å². The molecule has 0 fully saturated rings. The van der Waals surface area contributed by atoms with Gasteiger partial charge in [-0.05, 0) is 31.7 Å². The van der Waals surface area contributed by atoms with Gasteiger partial charge in [0.05, 0.1) is 6.04 Å². The molecule has 0 heterocycles. The SMILES string of the molecule is CC(NC(=O)C(N)Cc1ccccc1)C(=O)NC(CCC(=O)O)C(=O)NC(CCC(=O)O)C(=O)O. The van der Waals surface area contributed by atoms with Gasteiger partial charge in [-0.2, -0.15) is 0 Å². The molecule has 0 aliphatic heterocycles. The first-order valence-corrected chi connectivity index (χ1v) is 10.8. The van der Waals surface area contributed by atoms with Crippen molar-refractivity contribution in [3.63, 3.8) is 0 Å². The summed E-state index contributed by atoms with van der Waals surface area (Å²) in [5, 5.41) is 33.7. The van der Waals surface area contributed by atoms with Gasteiger partial charge in [-0.25, -0.2) is 4.79 Å². The van der Waals surface area contributed by atoms with E-state index in [1.54, 1.807) is 24.3 Å².